The van der Waals surface area contributed by atoms with Crippen LogP contribution in [0.3, 0.4) is 0 Å². The molecule has 2 heteroatoms. The first-order valence-electron chi connectivity index (χ1n) is 9.03. The predicted octanol–water partition coefficient (Wildman–Crippen LogP) is 5.02. The zero-order valence-corrected chi connectivity index (χ0v) is 15.1. The molecule has 0 amide bonds. The van der Waals surface area contributed by atoms with Crippen LogP contribution in [0, 0.1) is 11.8 Å². The molecule has 2 aliphatic heterocycles. The Morgan fingerprint density at radius 3 is 2.77 bits per heavy atom. The molecule has 2 aliphatic rings. The number of rotatable bonds is 1. The van der Waals surface area contributed by atoms with Gasteiger partial charge in [-0.2, -0.15) is 0 Å². The Balaban J connectivity index is 2.27. The van der Waals surface area contributed by atoms with Crippen molar-refractivity contribution in [1.82, 2.24) is 0 Å². The number of aliphatic hydroxyl groups is 1. The highest BCUT2D eigenvalue weighted by atomic mass is 16.5. The average Bonchev–Trinajstić information content (AvgIpc) is 2.45. The predicted molar refractivity (Wildman–Crippen MR) is 92.8 cm³/mol. The Kier molecular flexibility index (Phi) is 5.90. The molecule has 0 aromatic heterocycles. The lowest BCUT2D eigenvalue weighted by molar-refractivity contribution is -0.127. The van der Waals surface area contributed by atoms with E-state index in [0.29, 0.717) is 11.8 Å². The molecule has 22 heavy (non-hydrogen) atoms. The van der Waals surface area contributed by atoms with Gasteiger partial charge in [-0.3, -0.25) is 0 Å². The molecule has 2 rings (SSSR count). The third-order valence-corrected chi connectivity index (χ3v) is 5.49. The van der Waals surface area contributed by atoms with E-state index < -0.39 is 5.60 Å². The van der Waals surface area contributed by atoms with Crippen LogP contribution in [0.15, 0.2) is 23.3 Å². The monoisotopic (exact) mass is 306 g/mol. The Morgan fingerprint density at radius 1 is 1.36 bits per heavy atom. The van der Waals surface area contributed by atoms with E-state index in [-0.39, 0.29) is 12.2 Å². The maximum atomic E-state index is 10.9. The second-order valence-electron chi connectivity index (χ2n) is 8.01. The highest BCUT2D eigenvalue weighted by Crippen LogP contribution is 2.36. The first kappa shape index (κ1) is 17.7. The zero-order chi connectivity index (χ0) is 16.3. The summed E-state index contributed by atoms with van der Waals surface area (Å²) in [4.78, 5) is 0. The molecule has 0 aromatic carbocycles. The summed E-state index contributed by atoms with van der Waals surface area (Å²) in [5.41, 5.74) is 2.14. The molecular formula is C20H34O2. The van der Waals surface area contributed by atoms with Crippen molar-refractivity contribution < 1.29 is 9.84 Å². The van der Waals surface area contributed by atoms with E-state index >= 15 is 0 Å². The first-order valence-corrected chi connectivity index (χ1v) is 9.03. The molecule has 0 aromatic rings. The molecule has 0 fully saturated rings. The fourth-order valence-electron chi connectivity index (χ4n) is 3.60. The topological polar surface area (TPSA) is 29.5 Å². The van der Waals surface area contributed by atoms with Gasteiger partial charge in [-0.15, -0.1) is 0 Å². The summed E-state index contributed by atoms with van der Waals surface area (Å²) in [6.45, 7) is 11.0. The zero-order valence-electron chi connectivity index (χ0n) is 15.1. The van der Waals surface area contributed by atoms with Crippen LogP contribution < -0.4 is 0 Å². The van der Waals surface area contributed by atoms with E-state index in [2.05, 4.69) is 39.8 Å². The van der Waals surface area contributed by atoms with Gasteiger partial charge in [0.05, 0.1) is 11.7 Å². The van der Waals surface area contributed by atoms with E-state index in [1.54, 1.807) is 0 Å². The molecule has 2 nitrogen and oxygen atoms in total. The first-order chi connectivity index (χ1) is 10.3. The SMILES string of the molecule is CC1=CCCC(C)(O)C2C=C(C(C)C)CC(O2)C(C)CCC1. The van der Waals surface area contributed by atoms with Gasteiger partial charge in [0.15, 0.2) is 0 Å². The van der Waals surface area contributed by atoms with Gasteiger partial charge < -0.3 is 9.84 Å². The largest absolute Gasteiger partial charge is 0.387 e. The lowest BCUT2D eigenvalue weighted by Crippen LogP contribution is -2.46. The van der Waals surface area contributed by atoms with Crippen molar-refractivity contribution in [2.24, 2.45) is 11.8 Å². The maximum absolute atomic E-state index is 10.9. The second-order valence-corrected chi connectivity index (χ2v) is 8.01. The smallest absolute Gasteiger partial charge is 0.105 e. The molecule has 0 aliphatic carbocycles. The normalized spacial score (nSPS) is 37.9. The third-order valence-electron chi connectivity index (χ3n) is 5.49. The fourth-order valence-corrected chi connectivity index (χ4v) is 3.60. The van der Waals surface area contributed by atoms with Crippen molar-refractivity contribution in [1.29, 1.82) is 0 Å². The standard InChI is InChI=1S/C20H34O2/c1-14(2)17-12-18-16(4)10-6-8-15(3)9-7-11-20(5,21)19(13-17)22-18/h9,13-14,16,18-19,21H,6-8,10-12H2,1-5H3. The van der Waals surface area contributed by atoms with E-state index in [9.17, 15) is 5.11 Å². The lowest BCUT2D eigenvalue weighted by atomic mass is 9.82. The van der Waals surface area contributed by atoms with Gasteiger partial charge in [-0.05, 0) is 64.2 Å². The third kappa shape index (κ3) is 4.45. The van der Waals surface area contributed by atoms with E-state index in [0.717, 1.165) is 19.3 Å². The van der Waals surface area contributed by atoms with Crippen molar-refractivity contribution in [2.75, 3.05) is 0 Å². The average molecular weight is 306 g/mol. The summed E-state index contributed by atoms with van der Waals surface area (Å²) in [5.74, 6) is 1.08. The number of ether oxygens (including phenoxy) is 1. The Bertz CT molecular complexity index is 431. The van der Waals surface area contributed by atoms with Crippen LogP contribution in [-0.2, 0) is 4.74 Å². The minimum absolute atomic E-state index is 0.167. The van der Waals surface area contributed by atoms with Gasteiger partial charge in [-0.25, -0.2) is 0 Å². The number of allylic oxidation sites excluding steroid dienone is 2. The van der Waals surface area contributed by atoms with Crippen molar-refractivity contribution in [3.05, 3.63) is 23.3 Å². The summed E-state index contributed by atoms with van der Waals surface area (Å²) in [7, 11) is 0. The van der Waals surface area contributed by atoms with Gasteiger partial charge >= 0.3 is 0 Å². The fraction of sp³-hybridized carbons (Fsp3) is 0.800. The molecule has 1 N–H and O–H groups in total. The molecule has 4 unspecified atom stereocenters. The molecule has 0 radical (unpaired) electrons. The van der Waals surface area contributed by atoms with E-state index in [4.69, 9.17) is 4.74 Å². The maximum Gasteiger partial charge on any atom is 0.105 e. The van der Waals surface area contributed by atoms with Crippen molar-refractivity contribution in [2.45, 2.75) is 91.0 Å². The van der Waals surface area contributed by atoms with Crippen LogP contribution in [-0.4, -0.2) is 22.9 Å². The Morgan fingerprint density at radius 2 is 2.09 bits per heavy atom. The minimum Gasteiger partial charge on any atom is -0.387 e. The molecule has 2 heterocycles. The van der Waals surface area contributed by atoms with E-state index in [1.165, 1.54) is 30.4 Å². The van der Waals surface area contributed by atoms with E-state index in [1.807, 2.05) is 6.92 Å². The minimum atomic E-state index is -0.783. The van der Waals surface area contributed by atoms with Gasteiger partial charge in [0, 0.05) is 0 Å². The lowest BCUT2D eigenvalue weighted by Gasteiger charge is -2.40. The van der Waals surface area contributed by atoms with Gasteiger partial charge in [-0.1, -0.05) is 44.1 Å². The molecule has 4 atom stereocenters. The second kappa shape index (κ2) is 7.31. The number of hydrogen-bond acceptors (Lipinski definition) is 2. The van der Waals surface area contributed by atoms with Crippen LogP contribution in [0.1, 0.15) is 73.1 Å². The van der Waals surface area contributed by atoms with Gasteiger partial charge in [0.1, 0.15) is 6.10 Å². The molecule has 2 bridgehead atoms. The molecule has 0 spiro atoms. The van der Waals surface area contributed by atoms with Crippen LogP contribution in [0.4, 0.5) is 0 Å². The highest BCUT2D eigenvalue weighted by molar-refractivity contribution is 5.16. The Labute approximate surface area is 136 Å². The van der Waals surface area contributed by atoms with Crippen LogP contribution in [0.5, 0.6) is 0 Å². The quantitative estimate of drug-likeness (QED) is 0.689. The molecule has 0 saturated heterocycles. The summed E-state index contributed by atoms with van der Waals surface area (Å²) >= 11 is 0. The Hall–Kier alpha value is -0.600. The molecule has 126 valence electrons. The summed E-state index contributed by atoms with van der Waals surface area (Å²) in [6, 6.07) is 0. The summed E-state index contributed by atoms with van der Waals surface area (Å²) in [6.07, 6.45) is 10.9. The number of hydrogen-bond donors (Lipinski definition) is 1. The van der Waals surface area contributed by atoms with Crippen LogP contribution in [0.2, 0.25) is 0 Å². The molecular weight excluding hydrogens is 272 g/mol. The van der Waals surface area contributed by atoms with Crippen molar-refractivity contribution in [3.63, 3.8) is 0 Å². The van der Waals surface area contributed by atoms with Crippen LogP contribution >= 0.6 is 0 Å². The van der Waals surface area contributed by atoms with Gasteiger partial charge in [0.25, 0.3) is 0 Å². The van der Waals surface area contributed by atoms with Crippen molar-refractivity contribution in [3.8, 4) is 0 Å². The highest BCUT2D eigenvalue weighted by Gasteiger charge is 2.37. The summed E-state index contributed by atoms with van der Waals surface area (Å²) < 4.78 is 6.35. The van der Waals surface area contributed by atoms with Crippen molar-refractivity contribution >= 4 is 0 Å². The van der Waals surface area contributed by atoms with Gasteiger partial charge in [0.2, 0.25) is 0 Å². The number of fused-ring (bicyclic) bond motifs is 2. The molecule has 0 saturated carbocycles. The summed E-state index contributed by atoms with van der Waals surface area (Å²) in [5, 5.41) is 10.9. The van der Waals surface area contributed by atoms with Crippen LogP contribution in [0.25, 0.3) is 0 Å².